The van der Waals surface area contributed by atoms with Crippen molar-refractivity contribution in [2.75, 3.05) is 46.5 Å². The van der Waals surface area contributed by atoms with E-state index in [4.69, 9.17) is 13.3 Å². The second-order valence-corrected chi connectivity index (χ2v) is 14.3. The summed E-state index contributed by atoms with van der Waals surface area (Å²) in [5.41, 5.74) is 0. The van der Waals surface area contributed by atoms with Gasteiger partial charge in [-0.3, -0.25) is 0 Å². The summed E-state index contributed by atoms with van der Waals surface area (Å²) in [4.78, 5) is 0. The van der Waals surface area contributed by atoms with Crippen molar-refractivity contribution in [3.05, 3.63) is 0 Å². The summed E-state index contributed by atoms with van der Waals surface area (Å²) in [5, 5.41) is 0. The number of quaternary nitrogens is 1. The van der Waals surface area contributed by atoms with Crippen LogP contribution in [0.3, 0.4) is 0 Å². The maximum Gasteiger partial charge on any atom is 0.501 e. The first-order valence-electron chi connectivity index (χ1n) is 16.8. The van der Waals surface area contributed by atoms with Gasteiger partial charge in [0.05, 0.1) is 26.7 Å². The van der Waals surface area contributed by atoms with Crippen LogP contribution in [0.5, 0.6) is 0 Å². The van der Waals surface area contributed by atoms with E-state index >= 15 is 0 Å². The molecule has 0 aliphatic heterocycles. The quantitative estimate of drug-likeness (QED) is 0.0524. The predicted molar refractivity (Wildman–Crippen MR) is 165 cm³/mol. The highest BCUT2D eigenvalue weighted by atomic mass is 35.5. The zero-order valence-electron chi connectivity index (χ0n) is 26.9. The van der Waals surface area contributed by atoms with E-state index in [9.17, 15) is 0 Å². The third-order valence-corrected chi connectivity index (χ3v) is 11.0. The van der Waals surface area contributed by atoms with Gasteiger partial charge in [-0.2, -0.15) is 0 Å². The molecule has 0 saturated carbocycles. The lowest BCUT2D eigenvalue weighted by Gasteiger charge is -2.36. The van der Waals surface area contributed by atoms with Crippen LogP contribution in [-0.4, -0.2) is 59.8 Å². The molecular formula is C32H70ClNO3Si. The minimum atomic E-state index is -2.53. The lowest BCUT2D eigenvalue weighted by atomic mass is 10.1. The number of hydrogen-bond donors (Lipinski definition) is 0. The normalized spacial score (nSPS) is 12.2. The van der Waals surface area contributed by atoms with E-state index < -0.39 is 8.80 Å². The van der Waals surface area contributed by atoms with Crippen molar-refractivity contribution in [2.24, 2.45) is 0 Å². The summed E-state index contributed by atoms with van der Waals surface area (Å²) in [7, 11) is -0.0165. The van der Waals surface area contributed by atoms with Crippen molar-refractivity contribution < 1.29 is 30.2 Å². The van der Waals surface area contributed by atoms with Crippen molar-refractivity contribution in [2.45, 2.75) is 163 Å². The molecule has 38 heavy (non-hydrogen) atoms. The van der Waals surface area contributed by atoms with Gasteiger partial charge in [0.1, 0.15) is 0 Å². The van der Waals surface area contributed by atoms with Crippen LogP contribution in [0.1, 0.15) is 157 Å². The highest BCUT2D eigenvalue weighted by Gasteiger charge is 2.40. The van der Waals surface area contributed by atoms with Crippen LogP contribution in [0.4, 0.5) is 0 Å². The molecule has 0 unspecified atom stereocenters. The molecule has 0 spiro atoms. The molecule has 6 heteroatoms. The zero-order valence-corrected chi connectivity index (χ0v) is 28.7. The van der Waals surface area contributed by atoms with Gasteiger partial charge >= 0.3 is 8.80 Å². The molecule has 0 aromatic carbocycles. The standard InChI is InChI=1S/C32H70NO3Si.ClH/c1-7-12-14-16-18-20-22-24-26-29-33(6,30-27-25-23-21-19-17-15-13-8-2)31-28-32-37(34-9-3,35-10-4)36-11-5;/h7-32H2,1-6H3;1H/q+1;/p-1. The first-order valence-corrected chi connectivity index (χ1v) is 18.7. The maximum absolute atomic E-state index is 6.13. The van der Waals surface area contributed by atoms with Gasteiger partial charge in [0.25, 0.3) is 0 Å². The first-order chi connectivity index (χ1) is 18.0. The summed E-state index contributed by atoms with van der Waals surface area (Å²) in [6, 6.07) is 0.950. The van der Waals surface area contributed by atoms with Gasteiger partial charge in [0.2, 0.25) is 0 Å². The number of halogens is 1. The Labute approximate surface area is 247 Å². The van der Waals surface area contributed by atoms with E-state index in [0.717, 1.165) is 12.5 Å². The van der Waals surface area contributed by atoms with Crippen LogP contribution < -0.4 is 12.4 Å². The van der Waals surface area contributed by atoms with Crippen molar-refractivity contribution in [3.8, 4) is 0 Å². The van der Waals surface area contributed by atoms with E-state index in [1.807, 2.05) is 0 Å². The number of rotatable bonds is 30. The lowest BCUT2D eigenvalue weighted by Crippen LogP contribution is -3.00. The Kier molecular flexibility index (Phi) is 30.7. The second kappa shape index (κ2) is 28.9. The van der Waals surface area contributed by atoms with E-state index in [0.29, 0.717) is 19.8 Å². The topological polar surface area (TPSA) is 27.7 Å². The van der Waals surface area contributed by atoms with Crippen LogP contribution in [0.15, 0.2) is 0 Å². The summed E-state index contributed by atoms with van der Waals surface area (Å²) in [6.07, 6.45) is 26.5. The third-order valence-electron chi connectivity index (χ3n) is 7.88. The van der Waals surface area contributed by atoms with Crippen LogP contribution in [0.25, 0.3) is 0 Å². The van der Waals surface area contributed by atoms with Gasteiger partial charge in [-0.15, -0.1) is 0 Å². The largest absolute Gasteiger partial charge is 1.00 e. The van der Waals surface area contributed by atoms with E-state index in [2.05, 4.69) is 41.7 Å². The van der Waals surface area contributed by atoms with Gasteiger partial charge < -0.3 is 30.2 Å². The lowest BCUT2D eigenvalue weighted by molar-refractivity contribution is -0.910. The molecule has 232 valence electrons. The van der Waals surface area contributed by atoms with Crippen molar-refractivity contribution >= 4 is 8.80 Å². The molecule has 0 N–H and O–H groups in total. The Balaban J connectivity index is 0. The summed E-state index contributed by atoms with van der Waals surface area (Å²) >= 11 is 0. The van der Waals surface area contributed by atoms with Crippen molar-refractivity contribution in [1.82, 2.24) is 0 Å². The molecule has 0 aromatic rings. The molecule has 0 atom stereocenters. The molecule has 0 rings (SSSR count). The molecule has 0 bridgehead atoms. The Hall–Kier alpha value is 0.347. The molecule has 0 radical (unpaired) electrons. The molecular weight excluding hydrogens is 510 g/mol. The number of nitrogens with zero attached hydrogens (tertiary/aromatic N) is 1. The smallest absolute Gasteiger partial charge is 0.501 e. The first kappa shape index (κ1) is 40.5. The van der Waals surface area contributed by atoms with E-state index in [-0.39, 0.29) is 12.4 Å². The summed E-state index contributed by atoms with van der Waals surface area (Å²) in [6.45, 7) is 16.7. The molecule has 0 aliphatic rings. The molecule has 0 amide bonds. The monoisotopic (exact) mass is 579 g/mol. The van der Waals surface area contributed by atoms with Crippen LogP contribution in [-0.2, 0) is 13.3 Å². The SMILES string of the molecule is CCCCCCCCCCC[N+](C)(CCCCCCCCCCC)CCC[Si](OCC)(OCC)OCC.[Cl-]. The Morgan fingerprint density at radius 2 is 0.711 bits per heavy atom. The average molecular weight is 580 g/mol. The molecule has 0 fully saturated rings. The van der Waals surface area contributed by atoms with Crippen LogP contribution in [0.2, 0.25) is 6.04 Å². The van der Waals surface area contributed by atoms with Gasteiger partial charge in [-0.05, 0) is 46.5 Å². The Morgan fingerprint density at radius 3 is 1.03 bits per heavy atom. The van der Waals surface area contributed by atoms with E-state index in [1.165, 1.54) is 140 Å². The summed E-state index contributed by atoms with van der Waals surface area (Å²) in [5.74, 6) is 0. The number of hydrogen-bond acceptors (Lipinski definition) is 3. The molecule has 4 nitrogen and oxygen atoms in total. The van der Waals surface area contributed by atoms with Gasteiger partial charge in [0.15, 0.2) is 0 Å². The fraction of sp³-hybridized carbons (Fsp3) is 1.00. The van der Waals surface area contributed by atoms with Crippen LogP contribution >= 0.6 is 0 Å². The Bertz CT molecular complexity index is 431. The van der Waals surface area contributed by atoms with E-state index in [1.54, 1.807) is 0 Å². The zero-order chi connectivity index (χ0) is 27.5. The molecule has 0 aliphatic carbocycles. The number of unbranched alkanes of at least 4 members (excludes halogenated alkanes) is 16. The van der Waals surface area contributed by atoms with Gasteiger partial charge in [-0.25, -0.2) is 0 Å². The molecule has 0 aromatic heterocycles. The van der Waals surface area contributed by atoms with Crippen molar-refractivity contribution in [1.29, 1.82) is 0 Å². The second-order valence-electron chi connectivity index (χ2n) is 11.5. The molecule has 0 saturated heterocycles. The highest BCUT2D eigenvalue weighted by molar-refractivity contribution is 6.60. The minimum Gasteiger partial charge on any atom is -1.00 e. The fourth-order valence-electron chi connectivity index (χ4n) is 5.62. The van der Waals surface area contributed by atoms with Crippen LogP contribution in [0, 0.1) is 0 Å². The Morgan fingerprint density at radius 1 is 0.421 bits per heavy atom. The molecule has 0 heterocycles. The van der Waals surface area contributed by atoms with Gasteiger partial charge in [-0.1, -0.05) is 104 Å². The third kappa shape index (κ3) is 23.1. The average Bonchev–Trinajstić information content (AvgIpc) is 2.87. The highest BCUT2D eigenvalue weighted by Crippen LogP contribution is 2.21. The van der Waals surface area contributed by atoms with Gasteiger partial charge in [0, 0.05) is 32.3 Å². The minimum absolute atomic E-state index is 0. The van der Waals surface area contributed by atoms with Crippen molar-refractivity contribution in [3.63, 3.8) is 0 Å². The summed E-state index contributed by atoms with van der Waals surface area (Å²) < 4.78 is 19.6. The maximum atomic E-state index is 6.13. The fourth-order valence-corrected chi connectivity index (χ4v) is 8.22. The predicted octanol–water partition coefficient (Wildman–Crippen LogP) is 6.94.